The molecule has 0 aromatic rings. The normalized spacial score (nSPS) is 36.7. The molecule has 2 rings (SSSR count). The third-order valence-corrected chi connectivity index (χ3v) is 3.59. The Kier molecular flexibility index (Phi) is 2.78. The van der Waals surface area contributed by atoms with Crippen LogP contribution in [0.25, 0.3) is 0 Å². The Labute approximate surface area is 89.4 Å². The van der Waals surface area contributed by atoms with Crippen LogP contribution in [-0.4, -0.2) is 25.0 Å². The number of hydrogen-bond donors (Lipinski definition) is 1. The molecule has 2 unspecified atom stereocenters. The van der Waals surface area contributed by atoms with Gasteiger partial charge in [0.2, 0.25) is 11.8 Å². The van der Waals surface area contributed by atoms with E-state index in [1.807, 2.05) is 6.92 Å². The Bertz CT molecular complexity index is 282. The molecular weight excluding hydrogens is 194 g/mol. The van der Waals surface area contributed by atoms with Gasteiger partial charge in [0, 0.05) is 24.4 Å². The van der Waals surface area contributed by atoms with Crippen LogP contribution in [0.2, 0.25) is 0 Å². The summed E-state index contributed by atoms with van der Waals surface area (Å²) < 4.78 is 5.46. The molecule has 0 aromatic carbocycles. The molecule has 2 saturated heterocycles. The largest absolute Gasteiger partial charge is 0.381 e. The fraction of sp³-hybridized carbons (Fsp3) is 0.818. The van der Waals surface area contributed by atoms with Gasteiger partial charge in [0.25, 0.3) is 0 Å². The maximum Gasteiger partial charge on any atom is 0.230 e. The van der Waals surface area contributed by atoms with Gasteiger partial charge >= 0.3 is 0 Å². The lowest BCUT2D eigenvalue weighted by Crippen LogP contribution is -2.54. The minimum absolute atomic E-state index is 0.0597. The monoisotopic (exact) mass is 211 g/mol. The maximum absolute atomic E-state index is 11.7. The van der Waals surface area contributed by atoms with Gasteiger partial charge in [-0.3, -0.25) is 14.9 Å². The summed E-state index contributed by atoms with van der Waals surface area (Å²) in [6.07, 6.45) is 3.11. The van der Waals surface area contributed by atoms with E-state index in [-0.39, 0.29) is 23.1 Å². The first-order chi connectivity index (χ1) is 7.18. The minimum atomic E-state index is -0.216. The molecule has 2 aliphatic heterocycles. The number of ether oxygens (including phenoxy) is 1. The topological polar surface area (TPSA) is 55.4 Å². The first kappa shape index (κ1) is 10.6. The first-order valence-electron chi connectivity index (χ1n) is 5.59. The number of nitrogens with one attached hydrogen (secondary N) is 1. The zero-order valence-electron chi connectivity index (χ0n) is 9.04. The first-order valence-corrected chi connectivity index (χ1v) is 5.59. The van der Waals surface area contributed by atoms with E-state index in [9.17, 15) is 9.59 Å². The van der Waals surface area contributed by atoms with Crippen molar-refractivity contribution in [1.82, 2.24) is 5.32 Å². The Balaban J connectivity index is 2.24. The highest BCUT2D eigenvalue weighted by Crippen LogP contribution is 2.43. The lowest BCUT2D eigenvalue weighted by atomic mass is 9.66. The van der Waals surface area contributed by atoms with Crippen LogP contribution in [0.1, 0.15) is 32.6 Å². The highest BCUT2D eigenvalue weighted by molar-refractivity contribution is 5.99. The van der Waals surface area contributed by atoms with Crippen LogP contribution < -0.4 is 5.32 Å². The molecule has 0 aromatic heterocycles. The van der Waals surface area contributed by atoms with E-state index >= 15 is 0 Å². The van der Waals surface area contributed by atoms with Gasteiger partial charge in [-0.25, -0.2) is 0 Å². The standard InChI is InChI=1S/C11H17NO3/c1-2-8-10(14)12-9(13)6-11(8)4-3-5-15-7-11/h8H,2-7H2,1H3,(H,12,13,14). The van der Waals surface area contributed by atoms with Crippen molar-refractivity contribution in [2.75, 3.05) is 13.2 Å². The van der Waals surface area contributed by atoms with Crippen molar-refractivity contribution in [3.63, 3.8) is 0 Å². The lowest BCUT2D eigenvalue weighted by Gasteiger charge is -2.44. The van der Waals surface area contributed by atoms with Crippen LogP contribution in [-0.2, 0) is 14.3 Å². The molecule has 2 aliphatic rings. The highest BCUT2D eigenvalue weighted by atomic mass is 16.5. The van der Waals surface area contributed by atoms with Crippen molar-refractivity contribution in [3.05, 3.63) is 0 Å². The second-order valence-corrected chi connectivity index (χ2v) is 4.57. The Morgan fingerprint density at radius 2 is 2.33 bits per heavy atom. The van der Waals surface area contributed by atoms with Gasteiger partial charge in [0.05, 0.1) is 6.61 Å². The predicted molar refractivity (Wildman–Crippen MR) is 54.0 cm³/mol. The summed E-state index contributed by atoms with van der Waals surface area (Å²) in [5, 5.41) is 2.42. The van der Waals surface area contributed by atoms with Crippen molar-refractivity contribution in [1.29, 1.82) is 0 Å². The third kappa shape index (κ3) is 1.78. The van der Waals surface area contributed by atoms with E-state index in [1.54, 1.807) is 0 Å². The number of amides is 2. The van der Waals surface area contributed by atoms with Gasteiger partial charge in [-0.1, -0.05) is 6.92 Å². The van der Waals surface area contributed by atoms with Crippen molar-refractivity contribution < 1.29 is 14.3 Å². The third-order valence-electron chi connectivity index (χ3n) is 3.59. The number of hydrogen-bond acceptors (Lipinski definition) is 3. The summed E-state index contributed by atoms with van der Waals surface area (Å²) in [7, 11) is 0. The molecule has 2 heterocycles. The molecule has 1 N–H and O–H groups in total. The van der Waals surface area contributed by atoms with Crippen molar-refractivity contribution in [2.24, 2.45) is 11.3 Å². The summed E-state index contributed by atoms with van der Waals surface area (Å²) in [6.45, 7) is 3.31. The molecule has 2 amide bonds. The van der Waals surface area contributed by atoms with E-state index in [4.69, 9.17) is 4.74 Å². The molecule has 4 heteroatoms. The summed E-state index contributed by atoms with van der Waals surface area (Å²) in [5.74, 6) is -0.315. The Morgan fingerprint density at radius 1 is 1.53 bits per heavy atom. The number of rotatable bonds is 1. The molecule has 15 heavy (non-hydrogen) atoms. The van der Waals surface area contributed by atoms with Crippen LogP contribution >= 0.6 is 0 Å². The van der Waals surface area contributed by atoms with E-state index in [1.165, 1.54) is 0 Å². The average Bonchev–Trinajstić information content (AvgIpc) is 2.18. The molecule has 0 aliphatic carbocycles. The molecule has 1 spiro atoms. The molecule has 2 fully saturated rings. The van der Waals surface area contributed by atoms with Gasteiger partial charge < -0.3 is 4.74 Å². The quantitative estimate of drug-likeness (QED) is 0.654. The van der Waals surface area contributed by atoms with E-state index in [0.717, 1.165) is 25.9 Å². The number of piperidine rings is 1. The van der Waals surface area contributed by atoms with Crippen LogP contribution in [0.5, 0.6) is 0 Å². The fourth-order valence-corrected chi connectivity index (χ4v) is 2.90. The highest BCUT2D eigenvalue weighted by Gasteiger charge is 2.48. The smallest absolute Gasteiger partial charge is 0.230 e. The summed E-state index contributed by atoms with van der Waals surface area (Å²) in [5.41, 5.74) is -0.216. The Hall–Kier alpha value is -0.900. The van der Waals surface area contributed by atoms with Gasteiger partial charge in [-0.15, -0.1) is 0 Å². The average molecular weight is 211 g/mol. The second kappa shape index (κ2) is 3.93. The second-order valence-electron chi connectivity index (χ2n) is 4.57. The zero-order valence-corrected chi connectivity index (χ0v) is 9.04. The summed E-state index contributed by atoms with van der Waals surface area (Å²) >= 11 is 0. The van der Waals surface area contributed by atoms with Gasteiger partial charge in [0.15, 0.2) is 0 Å². The Morgan fingerprint density at radius 3 is 2.93 bits per heavy atom. The van der Waals surface area contributed by atoms with Crippen molar-refractivity contribution in [3.8, 4) is 0 Å². The van der Waals surface area contributed by atoms with Crippen molar-refractivity contribution in [2.45, 2.75) is 32.6 Å². The molecule has 2 atom stereocenters. The lowest BCUT2D eigenvalue weighted by molar-refractivity contribution is -0.151. The summed E-state index contributed by atoms with van der Waals surface area (Å²) in [6, 6.07) is 0. The molecule has 0 radical (unpaired) electrons. The molecule has 84 valence electrons. The van der Waals surface area contributed by atoms with Crippen LogP contribution in [0.4, 0.5) is 0 Å². The summed E-state index contributed by atoms with van der Waals surface area (Å²) in [4.78, 5) is 23.1. The zero-order chi connectivity index (χ0) is 10.9. The van der Waals surface area contributed by atoms with Crippen LogP contribution in [0.3, 0.4) is 0 Å². The van der Waals surface area contributed by atoms with Crippen LogP contribution in [0.15, 0.2) is 0 Å². The number of carbonyl (C=O) groups excluding carboxylic acids is 2. The van der Waals surface area contributed by atoms with E-state index in [2.05, 4.69) is 5.32 Å². The maximum atomic E-state index is 11.7. The van der Waals surface area contributed by atoms with Gasteiger partial charge in [0.1, 0.15) is 0 Å². The molecule has 0 bridgehead atoms. The SMILES string of the molecule is CCC1C(=O)NC(=O)CC12CCCOC2. The molecular formula is C11H17NO3. The number of carbonyl (C=O) groups is 2. The molecule has 4 nitrogen and oxygen atoms in total. The number of imide groups is 1. The van der Waals surface area contributed by atoms with E-state index < -0.39 is 0 Å². The fourth-order valence-electron chi connectivity index (χ4n) is 2.90. The van der Waals surface area contributed by atoms with Crippen molar-refractivity contribution >= 4 is 11.8 Å². The van der Waals surface area contributed by atoms with Gasteiger partial charge in [-0.05, 0) is 19.3 Å². The molecule has 0 saturated carbocycles. The minimum Gasteiger partial charge on any atom is -0.381 e. The van der Waals surface area contributed by atoms with E-state index in [0.29, 0.717) is 13.0 Å². The predicted octanol–water partition coefficient (Wildman–Crippen LogP) is 0.856. The van der Waals surface area contributed by atoms with Crippen LogP contribution in [0, 0.1) is 11.3 Å². The van der Waals surface area contributed by atoms with Gasteiger partial charge in [-0.2, -0.15) is 0 Å².